The molecule has 0 amide bonds. The van der Waals surface area contributed by atoms with Crippen molar-refractivity contribution in [2.45, 2.75) is 65.2 Å². The van der Waals surface area contributed by atoms with E-state index in [9.17, 15) is 57.8 Å². The first-order valence-electron chi connectivity index (χ1n) is 16.4. The summed E-state index contributed by atoms with van der Waals surface area (Å²) < 4.78 is 315. The predicted molar refractivity (Wildman–Crippen MR) is 169 cm³/mol. The van der Waals surface area contributed by atoms with Gasteiger partial charge in [-0.1, -0.05) is 0 Å². The predicted octanol–water partition coefficient (Wildman–Crippen LogP) is 11.2. The first kappa shape index (κ1) is 45.3. The van der Waals surface area contributed by atoms with Crippen molar-refractivity contribution in [3.63, 3.8) is 0 Å². The second-order valence-corrected chi connectivity index (χ2v) is 17.6. The Bertz CT molecular complexity index is 2060. The average Bonchev–Trinajstić information content (AvgIpc) is 3.58. The van der Waals surface area contributed by atoms with E-state index in [0.717, 1.165) is 60.7 Å². The Morgan fingerprint density at radius 3 is 0.900 bits per heavy atom. The summed E-state index contributed by atoms with van der Waals surface area (Å²) in [6.45, 7) is 0. The zero-order valence-electron chi connectivity index (χ0n) is 28.9. The number of benzene rings is 4. The van der Waals surface area contributed by atoms with Gasteiger partial charge >= 0.3 is 322 Å². The molecule has 0 unspecified atom stereocenters. The Morgan fingerprint density at radius 2 is 0.633 bits per heavy atom. The number of alkyl halides is 20. The molecule has 6 rings (SSSR count). The van der Waals surface area contributed by atoms with Gasteiger partial charge in [-0.25, -0.2) is 0 Å². The van der Waals surface area contributed by atoms with Crippen LogP contribution in [0.5, 0.6) is 0 Å². The van der Waals surface area contributed by atoms with Gasteiger partial charge in [0.25, 0.3) is 0 Å². The van der Waals surface area contributed by atoms with Crippen LogP contribution in [0.25, 0.3) is 0 Å². The van der Waals surface area contributed by atoms with E-state index in [0.29, 0.717) is 12.1 Å². The molecule has 0 fully saturated rings. The molecule has 328 valence electrons. The molecule has 1 spiro atoms. The molecule has 2 aliphatic rings. The van der Waals surface area contributed by atoms with E-state index in [4.69, 9.17) is 9.05 Å². The molecule has 1 N–H and O–H groups in total. The Hall–Kier alpha value is -4.21. The summed E-state index contributed by atoms with van der Waals surface area (Å²) in [5.41, 5.74) is -24.7. The van der Waals surface area contributed by atoms with Crippen LogP contribution in [0.1, 0.15) is 22.3 Å². The summed E-state index contributed by atoms with van der Waals surface area (Å²) in [6.07, 6.45) is -33.4. The van der Waals surface area contributed by atoms with Crippen molar-refractivity contribution in [1.82, 2.24) is 0 Å². The fourth-order valence-corrected chi connectivity index (χ4v) is 14.3. The molecule has 0 saturated heterocycles. The Morgan fingerprint density at radius 1 is 0.383 bits per heavy atom. The fourth-order valence-electron chi connectivity index (χ4n) is 7.88. The summed E-state index contributed by atoms with van der Waals surface area (Å²) in [7, 11) is -8.63. The Kier molecular flexibility index (Phi) is 9.76. The molecule has 0 radical (unpaired) electrons. The zero-order valence-corrected chi connectivity index (χ0v) is 29.8. The monoisotopic (exact) mass is 912 g/mol. The first-order valence-corrected chi connectivity index (χ1v) is 18.6. The average molecular weight is 912 g/mol. The van der Waals surface area contributed by atoms with E-state index in [2.05, 4.69) is 0 Å². The van der Waals surface area contributed by atoms with Crippen LogP contribution in [0.3, 0.4) is 0 Å². The summed E-state index contributed by atoms with van der Waals surface area (Å²) in [5.74, 6) is -31.1. The molecule has 0 aliphatic carbocycles. The Labute approximate surface area is 322 Å². The van der Waals surface area contributed by atoms with E-state index in [-0.39, 0.29) is 24.3 Å². The molecule has 2 heterocycles. The SMILES string of the molecule is OC(CP12(OC(C(F)(F)C(F)(F)F)(C(F)(F)C(F)(F)F)c3ccccc31)OC(C(F)(F)C(F)(F)F)(C(F)(F)C(F)(F)F)c1ccccc12)(c1ccccc1)c1ccccc1. The molecule has 24 heteroatoms. The van der Waals surface area contributed by atoms with Crippen molar-refractivity contribution in [2.75, 3.05) is 6.16 Å². The van der Waals surface area contributed by atoms with Gasteiger partial charge in [0.1, 0.15) is 0 Å². The van der Waals surface area contributed by atoms with Gasteiger partial charge in [0.15, 0.2) is 0 Å². The molecular formula is C36H21F20O3P. The quantitative estimate of drug-likeness (QED) is 0.141. The molecular weight excluding hydrogens is 891 g/mol. The van der Waals surface area contributed by atoms with Crippen molar-refractivity contribution in [1.29, 1.82) is 0 Å². The molecule has 0 bridgehead atoms. The molecule has 4 aromatic rings. The van der Waals surface area contributed by atoms with Gasteiger partial charge < -0.3 is 0 Å². The van der Waals surface area contributed by atoms with Crippen molar-refractivity contribution in [3.05, 3.63) is 131 Å². The van der Waals surface area contributed by atoms with Crippen molar-refractivity contribution >= 4 is 17.7 Å². The Balaban J connectivity index is 1.99. The van der Waals surface area contributed by atoms with Crippen LogP contribution < -0.4 is 10.6 Å². The van der Waals surface area contributed by atoms with Crippen molar-refractivity contribution in [3.8, 4) is 0 Å². The van der Waals surface area contributed by atoms with Crippen LogP contribution >= 0.6 is 7.06 Å². The molecule has 0 aromatic heterocycles. The number of hydrogen-bond donors (Lipinski definition) is 1. The third kappa shape index (κ3) is 5.39. The number of fused-ring (bicyclic) bond motifs is 4. The molecule has 0 saturated carbocycles. The second kappa shape index (κ2) is 12.9. The topological polar surface area (TPSA) is 38.7 Å². The van der Waals surface area contributed by atoms with Gasteiger partial charge in [-0.15, -0.1) is 0 Å². The summed E-state index contributed by atoms with van der Waals surface area (Å²) in [4.78, 5) is 0. The summed E-state index contributed by atoms with van der Waals surface area (Å²) in [5, 5.41) is 8.20. The van der Waals surface area contributed by atoms with Crippen molar-refractivity contribution in [2.24, 2.45) is 0 Å². The van der Waals surface area contributed by atoms with Gasteiger partial charge in [0.05, 0.1) is 0 Å². The van der Waals surface area contributed by atoms with E-state index in [1.165, 1.54) is 0 Å². The first-order chi connectivity index (χ1) is 27.1. The van der Waals surface area contributed by atoms with E-state index in [1.54, 1.807) is 0 Å². The molecule has 0 atom stereocenters. The molecule has 4 aromatic carbocycles. The van der Waals surface area contributed by atoms with Crippen LogP contribution in [0.15, 0.2) is 109 Å². The van der Waals surface area contributed by atoms with Gasteiger partial charge in [0, 0.05) is 0 Å². The molecule has 3 nitrogen and oxygen atoms in total. The maximum absolute atomic E-state index is 16.3. The normalized spacial score (nSPS) is 20.0. The van der Waals surface area contributed by atoms with E-state index in [1.807, 2.05) is 0 Å². The van der Waals surface area contributed by atoms with Crippen LogP contribution in [0.2, 0.25) is 0 Å². The van der Waals surface area contributed by atoms with Crippen LogP contribution in [0.4, 0.5) is 87.8 Å². The fraction of sp³-hybridized carbons (Fsp3) is 0.333. The van der Waals surface area contributed by atoms with Gasteiger partial charge in [-0.3, -0.25) is 0 Å². The molecule has 60 heavy (non-hydrogen) atoms. The zero-order chi connectivity index (χ0) is 45.3. The van der Waals surface area contributed by atoms with Crippen LogP contribution in [-0.2, 0) is 25.9 Å². The maximum atomic E-state index is 16.3. The minimum atomic E-state index is -8.63. The van der Waals surface area contributed by atoms with Crippen LogP contribution in [0, 0.1) is 0 Å². The second-order valence-electron chi connectivity index (χ2n) is 13.7. The summed E-state index contributed by atoms with van der Waals surface area (Å²) in [6, 6.07) is 9.14. The van der Waals surface area contributed by atoms with Crippen LogP contribution in [-0.4, -0.2) is 59.7 Å². The number of halogens is 20. The number of aliphatic hydroxyl groups is 1. The standard InChI is InChI=1S/C36H21F20O3P/c37-29(38,33(45,46)47)27(30(39,40)34(48,49)50)22-15-7-9-17-24(22)60(58-27,19-26(57,20-11-3-1-4-12-20)21-13-5-2-6-14-21)25-18-10-8-16-23(25)28(59-60,31(41,42)35(51,52)53)32(43,44)36(54,55)56/h1-18,57H,19H2. The van der Waals surface area contributed by atoms with Gasteiger partial charge in [0.2, 0.25) is 0 Å². The van der Waals surface area contributed by atoms with E-state index < -0.39 is 123 Å². The number of rotatable bonds is 8. The third-order valence-corrected chi connectivity index (χ3v) is 15.5. The van der Waals surface area contributed by atoms with Crippen molar-refractivity contribution < 1.29 is 102 Å². The third-order valence-electron chi connectivity index (χ3n) is 10.4. The summed E-state index contributed by atoms with van der Waals surface area (Å²) >= 11 is 0. The number of hydrogen-bond acceptors (Lipinski definition) is 3. The molecule has 2 aliphatic heterocycles. The van der Waals surface area contributed by atoms with E-state index >= 15 is 35.1 Å². The minimum absolute atomic E-state index is 0.117. The van der Waals surface area contributed by atoms with Gasteiger partial charge in [-0.2, -0.15) is 0 Å². The van der Waals surface area contributed by atoms with Gasteiger partial charge in [-0.05, 0) is 0 Å².